The number of carbonyl (C=O) groups is 1. The number of carboxylic acids is 1. The molecule has 0 bridgehead atoms. The molecule has 1 aromatic rings. The number of carboxylic acid groups (broad SMARTS) is 1. The van der Waals surface area contributed by atoms with Crippen molar-refractivity contribution < 1.29 is 19.4 Å². The number of ether oxygens (including phenoxy) is 2. The minimum Gasteiger partial charge on any atom is -0.478 e. The van der Waals surface area contributed by atoms with Crippen molar-refractivity contribution in [2.45, 2.75) is 33.0 Å². The summed E-state index contributed by atoms with van der Waals surface area (Å²) in [4.78, 5) is 10.9. The van der Waals surface area contributed by atoms with Crippen molar-refractivity contribution in [3.8, 4) is 0 Å². The molecule has 104 valence electrons. The third-order valence-electron chi connectivity index (χ3n) is 3.98. The van der Waals surface area contributed by atoms with E-state index < -0.39 is 11.8 Å². The number of hydrogen-bond donors (Lipinski definition) is 1. The van der Waals surface area contributed by atoms with Crippen molar-refractivity contribution in [2.75, 3.05) is 13.2 Å². The molecular weight excluding hydrogens is 244 g/mol. The van der Waals surface area contributed by atoms with E-state index in [0.29, 0.717) is 13.2 Å². The Hall–Kier alpha value is -1.39. The second-order valence-corrected chi connectivity index (χ2v) is 5.43. The van der Waals surface area contributed by atoms with E-state index in [0.717, 1.165) is 12.0 Å². The van der Waals surface area contributed by atoms with Crippen LogP contribution in [0.4, 0.5) is 0 Å². The van der Waals surface area contributed by atoms with E-state index in [4.69, 9.17) is 14.6 Å². The minimum absolute atomic E-state index is 0.186. The largest absolute Gasteiger partial charge is 0.478 e. The fourth-order valence-corrected chi connectivity index (χ4v) is 2.43. The summed E-state index contributed by atoms with van der Waals surface area (Å²) in [6.45, 7) is 7.42. The molecule has 1 aliphatic heterocycles. The molecule has 1 heterocycles. The second kappa shape index (κ2) is 4.94. The van der Waals surface area contributed by atoms with Crippen LogP contribution in [0.5, 0.6) is 0 Å². The Morgan fingerprint density at radius 1 is 1.26 bits per heavy atom. The van der Waals surface area contributed by atoms with Crippen molar-refractivity contribution in [1.29, 1.82) is 0 Å². The normalized spacial score (nSPS) is 18.5. The fraction of sp³-hybridized carbons (Fsp3) is 0.533. The van der Waals surface area contributed by atoms with Crippen LogP contribution >= 0.6 is 0 Å². The maximum Gasteiger partial charge on any atom is 0.335 e. The predicted octanol–water partition coefficient (Wildman–Crippen LogP) is 3.02. The Morgan fingerprint density at radius 3 is 2.21 bits per heavy atom. The lowest BCUT2D eigenvalue weighted by Gasteiger charge is -2.42. The molecule has 0 aromatic heterocycles. The van der Waals surface area contributed by atoms with E-state index >= 15 is 0 Å². The lowest BCUT2D eigenvalue weighted by Crippen LogP contribution is -2.42. The molecule has 0 amide bonds. The highest BCUT2D eigenvalue weighted by Crippen LogP contribution is 2.48. The third kappa shape index (κ3) is 2.26. The van der Waals surface area contributed by atoms with Gasteiger partial charge in [0.25, 0.3) is 0 Å². The second-order valence-electron chi connectivity index (χ2n) is 5.43. The molecule has 0 radical (unpaired) electrons. The van der Waals surface area contributed by atoms with Crippen molar-refractivity contribution >= 4 is 5.97 Å². The van der Waals surface area contributed by atoms with E-state index in [1.54, 1.807) is 24.3 Å². The monoisotopic (exact) mass is 264 g/mol. The van der Waals surface area contributed by atoms with Crippen molar-refractivity contribution in [3.63, 3.8) is 0 Å². The average molecular weight is 264 g/mol. The SMILES string of the molecule is CCC(C)(C)C1(c2ccc(C(=O)O)cc2)OCCO1. The maximum atomic E-state index is 10.9. The Morgan fingerprint density at radius 2 is 1.79 bits per heavy atom. The highest BCUT2D eigenvalue weighted by atomic mass is 16.7. The molecule has 1 saturated heterocycles. The first-order valence-corrected chi connectivity index (χ1v) is 6.55. The summed E-state index contributed by atoms with van der Waals surface area (Å²) in [5.74, 6) is -1.71. The molecule has 0 atom stereocenters. The molecule has 0 unspecified atom stereocenters. The summed E-state index contributed by atoms with van der Waals surface area (Å²) in [5.41, 5.74) is 0.960. The standard InChI is InChI=1S/C15H20O4/c1-4-14(2,3)15(18-9-10-19-15)12-7-5-11(6-8-12)13(16)17/h5-8H,4,9-10H2,1-3H3,(H,16,17). The van der Waals surface area contributed by atoms with Crippen molar-refractivity contribution in [3.05, 3.63) is 35.4 Å². The van der Waals surface area contributed by atoms with E-state index in [9.17, 15) is 4.79 Å². The topological polar surface area (TPSA) is 55.8 Å². The molecule has 1 N–H and O–H groups in total. The lowest BCUT2D eigenvalue weighted by molar-refractivity contribution is -0.239. The van der Waals surface area contributed by atoms with Gasteiger partial charge in [0.2, 0.25) is 0 Å². The Balaban J connectivity index is 2.42. The van der Waals surface area contributed by atoms with Gasteiger partial charge in [-0.05, 0) is 18.6 Å². The van der Waals surface area contributed by atoms with Crippen LogP contribution in [-0.2, 0) is 15.3 Å². The molecular formula is C15H20O4. The van der Waals surface area contributed by atoms with Crippen LogP contribution in [0.3, 0.4) is 0 Å². The number of aromatic carboxylic acids is 1. The van der Waals surface area contributed by atoms with E-state index in [1.165, 1.54) is 0 Å². The van der Waals surface area contributed by atoms with Gasteiger partial charge in [0.15, 0.2) is 5.79 Å². The fourth-order valence-electron chi connectivity index (χ4n) is 2.43. The van der Waals surface area contributed by atoms with Gasteiger partial charge in [-0.1, -0.05) is 32.9 Å². The first kappa shape index (κ1) is 14.0. The first-order valence-electron chi connectivity index (χ1n) is 6.55. The lowest BCUT2D eigenvalue weighted by atomic mass is 9.77. The number of benzene rings is 1. The van der Waals surface area contributed by atoms with E-state index in [-0.39, 0.29) is 11.0 Å². The van der Waals surface area contributed by atoms with Crippen LogP contribution in [0.25, 0.3) is 0 Å². The Labute approximate surface area is 113 Å². The Bertz CT molecular complexity index is 456. The van der Waals surface area contributed by atoms with Crippen LogP contribution < -0.4 is 0 Å². The minimum atomic E-state index is -0.927. The van der Waals surface area contributed by atoms with Gasteiger partial charge in [0, 0.05) is 11.0 Å². The number of hydrogen-bond acceptors (Lipinski definition) is 3. The highest BCUT2D eigenvalue weighted by Gasteiger charge is 2.50. The van der Waals surface area contributed by atoms with Gasteiger partial charge in [0.1, 0.15) is 0 Å². The average Bonchev–Trinajstić information content (AvgIpc) is 2.90. The third-order valence-corrected chi connectivity index (χ3v) is 3.98. The zero-order chi connectivity index (χ0) is 14.1. The molecule has 4 nitrogen and oxygen atoms in total. The molecule has 0 saturated carbocycles. The predicted molar refractivity (Wildman–Crippen MR) is 71.1 cm³/mol. The molecule has 0 aliphatic carbocycles. The summed E-state index contributed by atoms with van der Waals surface area (Å²) in [5, 5.41) is 8.95. The molecule has 1 aromatic carbocycles. The van der Waals surface area contributed by atoms with Gasteiger partial charge in [0.05, 0.1) is 18.8 Å². The number of rotatable bonds is 4. The smallest absolute Gasteiger partial charge is 0.335 e. The summed E-state index contributed by atoms with van der Waals surface area (Å²) >= 11 is 0. The molecule has 0 spiro atoms. The maximum absolute atomic E-state index is 10.9. The van der Waals surface area contributed by atoms with E-state index in [1.807, 2.05) is 0 Å². The summed E-state index contributed by atoms with van der Waals surface area (Å²) in [6.07, 6.45) is 0.897. The summed E-state index contributed by atoms with van der Waals surface area (Å²) in [6, 6.07) is 6.75. The van der Waals surface area contributed by atoms with Gasteiger partial charge in [-0.2, -0.15) is 0 Å². The van der Waals surface area contributed by atoms with Gasteiger partial charge in [-0.15, -0.1) is 0 Å². The van der Waals surface area contributed by atoms with Gasteiger partial charge in [-0.3, -0.25) is 0 Å². The Kier molecular flexibility index (Phi) is 3.65. The van der Waals surface area contributed by atoms with Gasteiger partial charge < -0.3 is 14.6 Å². The van der Waals surface area contributed by atoms with Crippen LogP contribution in [-0.4, -0.2) is 24.3 Å². The van der Waals surface area contributed by atoms with Crippen LogP contribution in [0.15, 0.2) is 24.3 Å². The highest BCUT2D eigenvalue weighted by molar-refractivity contribution is 5.87. The van der Waals surface area contributed by atoms with Crippen LogP contribution in [0.1, 0.15) is 43.1 Å². The van der Waals surface area contributed by atoms with Crippen molar-refractivity contribution in [2.24, 2.45) is 5.41 Å². The molecule has 19 heavy (non-hydrogen) atoms. The molecule has 1 aliphatic rings. The molecule has 1 fully saturated rings. The van der Waals surface area contributed by atoms with Crippen LogP contribution in [0, 0.1) is 5.41 Å². The zero-order valence-corrected chi connectivity index (χ0v) is 11.6. The van der Waals surface area contributed by atoms with E-state index in [2.05, 4.69) is 20.8 Å². The summed E-state index contributed by atoms with van der Waals surface area (Å²) < 4.78 is 11.8. The molecule has 2 rings (SSSR count). The quantitative estimate of drug-likeness (QED) is 0.908. The molecule has 4 heteroatoms. The zero-order valence-electron chi connectivity index (χ0n) is 11.6. The van der Waals surface area contributed by atoms with Crippen molar-refractivity contribution in [1.82, 2.24) is 0 Å². The van der Waals surface area contributed by atoms with Gasteiger partial charge >= 0.3 is 5.97 Å². The van der Waals surface area contributed by atoms with Gasteiger partial charge in [-0.25, -0.2) is 4.79 Å². The summed E-state index contributed by atoms with van der Waals surface area (Å²) in [7, 11) is 0. The van der Waals surface area contributed by atoms with Crippen LogP contribution in [0.2, 0.25) is 0 Å². The first-order chi connectivity index (χ1) is 8.93.